The molecule has 0 bridgehead atoms. The number of ether oxygens (including phenoxy) is 1. The van der Waals surface area contributed by atoms with E-state index >= 15 is 0 Å². The van der Waals surface area contributed by atoms with Gasteiger partial charge in [-0.25, -0.2) is 4.98 Å². The van der Waals surface area contributed by atoms with Crippen LogP contribution in [0.1, 0.15) is 65.5 Å². The smallest absolute Gasteiger partial charge is 0.416 e. The lowest BCUT2D eigenvalue weighted by atomic mass is 9.93. The highest BCUT2D eigenvalue weighted by Gasteiger charge is 2.32. The van der Waals surface area contributed by atoms with Crippen molar-refractivity contribution in [3.05, 3.63) is 57.3 Å². The first-order chi connectivity index (χ1) is 12.7. The molecule has 27 heavy (non-hydrogen) atoms. The highest BCUT2D eigenvalue weighted by atomic mass is 19.4. The molecular weight excluding hydrogens is 361 g/mol. The van der Waals surface area contributed by atoms with Gasteiger partial charge in [0.15, 0.2) is 5.78 Å². The van der Waals surface area contributed by atoms with Crippen molar-refractivity contribution >= 4 is 5.78 Å². The van der Waals surface area contributed by atoms with Crippen LogP contribution in [0.4, 0.5) is 13.2 Å². The second kappa shape index (κ2) is 7.17. The summed E-state index contributed by atoms with van der Waals surface area (Å²) in [6.07, 6.45) is -2.61. The molecule has 144 valence electrons. The minimum atomic E-state index is -4.47. The fraction of sp³-hybridized carbons (Fsp3) is 0.421. The van der Waals surface area contributed by atoms with Crippen LogP contribution in [0.5, 0.6) is 5.75 Å². The summed E-state index contributed by atoms with van der Waals surface area (Å²) in [7, 11) is 1.29. The molecule has 5 nitrogen and oxygen atoms in total. The Hall–Kier alpha value is -2.64. The second-order valence-corrected chi connectivity index (χ2v) is 6.77. The number of methoxy groups -OCH3 is 1. The summed E-state index contributed by atoms with van der Waals surface area (Å²) in [6, 6.07) is 4.37. The van der Waals surface area contributed by atoms with Crippen LogP contribution in [0.2, 0.25) is 0 Å². The molecule has 1 aromatic heterocycles. The summed E-state index contributed by atoms with van der Waals surface area (Å²) in [5, 5.41) is 0. The number of aromatic nitrogens is 2. The van der Waals surface area contributed by atoms with Crippen molar-refractivity contribution in [3.63, 3.8) is 0 Å². The molecule has 1 saturated carbocycles. The Bertz CT molecular complexity index is 917. The zero-order valence-corrected chi connectivity index (χ0v) is 14.9. The van der Waals surface area contributed by atoms with Gasteiger partial charge in [0.05, 0.1) is 12.7 Å². The number of carbonyl (C=O) groups excluding carboxylic acids is 1. The third kappa shape index (κ3) is 4.37. The largest absolute Gasteiger partial charge is 0.496 e. The van der Waals surface area contributed by atoms with Crippen LogP contribution in [0, 0.1) is 0 Å². The average Bonchev–Trinajstić information content (AvgIpc) is 3.44. The van der Waals surface area contributed by atoms with Gasteiger partial charge in [-0.15, -0.1) is 0 Å². The maximum Gasteiger partial charge on any atom is 0.416 e. The van der Waals surface area contributed by atoms with E-state index < -0.39 is 17.7 Å². The summed E-state index contributed by atoms with van der Waals surface area (Å²) in [5.41, 5.74) is -0.619. The average molecular weight is 380 g/mol. The zero-order valence-electron chi connectivity index (χ0n) is 14.9. The molecular formula is C19H19F3N2O3. The maximum absolute atomic E-state index is 12.9. The molecule has 1 fully saturated rings. The van der Waals surface area contributed by atoms with Crippen molar-refractivity contribution in [3.8, 4) is 5.75 Å². The highest BCUT2D eigenvalue weighted by molar-refractivity contribution is 5.94. The van der Waals surface area contributed by atoms with E-state index in [9.17, 15) is 22.8 Å². The SMILES string of the molecule is COc1cc(C(F)(F)F)ccc1[C@H](C)CC(=O)c1cc(=O)[nH]c(C2CC2)n1. The summed E-state index contributed by atoms with van der Waals surface area (Å²) < 4.78 is 43.7. The van der Waals surface area contributed by atoms with E-state index in [0.29, 0.717) is 11.4 Å². The zero-order chi connectivity index (χ0) is 19.8. The molecule has 8 heteroatoms. The van der Waals surface area contributed by atoms with E-state index in [-0.39, 0.29) is 35.1 Å². The van der Waals surface area contributed by atoms with Crippen LogP contribution in [-0.2, 0) is 6.18 Å². The van der Waals surface area contributed by atoms with Gasteiger partial charge in [-0.3, -0.25) is 9.59 Å². The monoisotopic (exact) mass is 380 g/mol. The van der Waals surface area contributed by atoms with E-state index in [1.807, 2.05) is 0 Å². The van der Waals surface area contributed by atoms with Gasteiger partial charge in [-0.1, -0.05) is 13.0 Å². The van der Waals surface area contributed by atoms with Crippen molar-refractivity contribution in [1.29, 1.82) is 0 Å². The van der Waals surface area contributed by atoms with Crippen molar-refractivity contribution in [2.24, 2.45) is 0 Å². The molecule has 1 aliphatic rings. The summed E-state index contributed by atoms with van der Waals surface area (Å²) in [4.78, 5) is 31.2. The van der Waals surface area contributed by atoms with Gasteiger partial charge in [0.1, 0.15) is 17.3 Å². The standard InChI is InChI=1S/C19H19F3N2O3/c1-10(13-6-5-12(19(20,21)22)8-16(13)27-2)7-15(25)14-9-17(26)24-18(23-14)11-3-4-11/h5-6,8-11H,3-4,7H2,1-2H3,(H,23,24,26)/t10-/m1/s1. The Kier molecular flexibility index (Phi) is 5.08. The molecule has 0 unspecified atom stereocenters. The number of nitrogens with zero attached hydrogens (tertiary/aromatic N) is 1. The maximum atomic E-state index is 12.9. The molecule has 1 aliphatic carbocycles. The first-order valence-corrected chi connectivity index (χ1v) is 8.58. The quantitative estimate of drug-likeness (QED) is 0.768. The van der Waals surface area contributed by atoms with Gasteiger partial charge in [0.25, 0.3) is 5.56 Å². The topological polar surface area (TPSA) is 72.1 Å². The summed E-state index contributed by atoms with van der Waals surface area (Å²) in [6.45, 7) is 1.72. The molecule has 0 radical (unpaired) electrons. The highest BCUT2D eigenvalue weighted by Crippen LogP contribution is 2.38. The third-order valence-corrected chi connectivity index (χ3v) is 4.59. The van der Waals surface area contributed by atoms with Gasteiger partial charge in [0, 0.05) is 18.4 Å². The van der Waals surface area contributed by atoms with Gasteiger partial charge in [0.2, 0.25) is 0 Å². The predicted octanol–water partition coefficient (Wildman–Crippen LogP) is 4.05. The predicted molar refractivity (Wildman–Crippen MR) is 92.2 cm³/mol. The van der Waals surface area contributed by atoms with Crippen molar-refractivity contribution in [2.45, 2.75) is 44.2 Å². The second-order valence-electron chi connectivity index (χ2n) is 6.77. The number of carbonyl (C=O) groups is 1. The number of halogens is 3. The number of nitrogens with one attached hydrogen (secondary N) is 1. The molecule has 2 aromatic rings. The summed E-state index contributed by atoms with van der Waals surface area (Å²) in [5.74, 6) is 0.0452. The Labute approximate surface area is 153 Å². The van der Waals surface area contributed by atoms with Crippen LogP contribution in [-0.4, -0.2) is 22.9 Å². The van der Waals surface area contributed by atoms with Crippen LogP contribution < -0.4 is 10.3 Å². The molecule has 1 heterocycles. The Morgan fingerprint density at radius 3 is 2.63 bits per heavy atom. The number of hydrogen-bond donors (Lipinski definition) is 1. The molecule has 3 rings (SSSR count). The van der Waals surface area contributed by atoms with Gasteiger partial charge in [-0.05, 0) is 36.5 Å². The van der Waals surface area contributed by atoms with Crippen LogP contribution in [0.25, 0.3) is 0 Å². The Morgan fingerprint density at radius 1 is 1.33 bits per heavy atom. The third-order valence-electron chi connectivity index (χ3n) is 4.59. The van der Waals surface area contributed by atoms with E-state index in [4.69, 9.17) is 4.74 Å². The first kappa shape index (κ1) is 19.1. The Balaban J connectivity index is 1.81. The van der Waals surface area contributed by atoms with E-state index in [1.54, 1.807) is 6.92 Å². The molecule has 0 aliphatic heterocycles. The van der Waals surface area contributed by atoms with E-state index in [1.165, 1.54) is 13.2 Å². The molecule has 0 spiro atoms. The van der Waals surface area contributed by atoms with Crippen molar-refractivity contribution in [1.82, 2.24) is 9.97 Å². The minimum absolute atomic E-state index is 0.00227. The molecule has 0 amide bonds. The number of benzene rings is 1. The molecule has 1 N–H and O–H groups in total. The van der Waals surface area contributed by atoms with Crippen LogP contribution >= 0.6 is 0 Å². The number of H-pyrrole nitrogens is 1. The van der Waals surface area contributed by atoms with E-state index in [0.717, 1.165) is 31.0 Å². The lowest BCUT2D eigenvalue weighted by Crippen LogP contribution is -2.17. The fourth-order valence-electron chi connectivity index (χ4n) is 2.96. The van der Waals surface area contributed by atoms with Crippen LogP contribution in [0.3, 0.4) is 0 Å². The van der Waals surface area contributed by atoms with E-state index in [2.05, 4.69) is 9.97 Å². The van der Waals surface area contributed by atoms with Gasteiger partial charge in [-0.2, -0.15) is 13.2 Å². The number of rotatable bonds is 6. The Morgan fingerprint density at radius 2 is 2.04 bits per heavy atom. The first-order valence-electron chi connectivity index (χ1n) is 8.58. The minimum Gasteiger partial charge on any atom is -0.496 e. The lowest BCUT2D eigenvalue weighted by molar-refractivity contribution is -0.137. The van der Waals surface area contributed by atoms with Crippen molar-refractivity contribution in [2.75, 3.05) is 7.11 Å². The number of aromatic amines is 1. The summed E-state index contributed by atoms with van der Waals surface area (Å²) >= 11 is 0. The van der Waals surface area contributed by atoms with Crippen molar-refractivity contribution < 1.29 is 22.7 Å². The van der Waals surface area contributed by atoms with Crippen LogP contribution in [0.15, 0.2) is 29.1 Å². The molecule has 1 atom stereocenters. The number of hydrogen-bond acceptors (Lipinski definition) is 4. The lowest BCUT2D eigenvalue weighted by Gasteiger charge is -2.17. The molecule has 0 saturated heterocycles. The number of alkyl halides is 3. The normalized spacial score (nSPS) is 15.4. The van der Waals surface area contributed by atoms with Gasteiger partial charge >= 0.3 is 6.18 Å². The van der Waals surface area contributed by atoms with Gasteiger partial charge < -0.3 is 9.72 Å². The fourth-order valence-corrected chi connectivity index (χ4v) is 2.96. The number of Topliss-reactive ketones (excluding diaryl/α,β-unsaturated/α-hetero) is 1. The number of ketones is 1. The molecule has 1 aromatic carbocycles.